The van der Waals surface area contributed by atoms with Gasteiger partial charge in [-0.2, -0.15) is 0 Å². The number of rotatable bonds is 4. The Hall–Kier alpha value is -0.570. The Balaban J connectivity index is 1.57. The van der Waals surface area contributed by atoms with Crippen molar-refractivity contribution in [1.29, 1.82) is 0 Å². The fraction of sp³-hybridized carbons (Fsp3) is 0.909. The lowest BCUT2D eigenvalue weighted by Crippen LogP contribution is -2.44. The highest BCUT2D eigenvalue weighted by molar-refractivity contribution is 5.78. The molecule has 0 spiro atoms. The van der Waals surface area contributed by atoms with Crippen molar-refractivity contribution < 1.29 is 4.79 Å². The maximum atomic E-state index is 11.6. The van der Waals surface area contributed by atoms with Gasteiger partial charge in [0, 0.05) is 12.5 Å². The maximum Gasteiger partial charge on any atom is 0.223 e. The van der Waals surface area contributed by atoms with E-state index in [0.29, 0.717) is 11.8 Å². The van der Waals surface area contributed by atoms with Crippen LogP contribution in [-0.4, -0.2) is 25.5 Å². The number of amides is 1. The van der Waals surface area contributed by atoms with Gasteiger partial charge < -0.3 is 10.6 Å². The van der Waals surface area contributed by atoms with Gasteiger partial charge in [-0.1, -0.05) is 12.8 Å². The van der Waals surface area contributed by atoms with E-state index in [0.717, 1.165) is 44.8 Å². The molecule has 0 aromatic rings. The molecule has 0 aromatic heterocycles. The summed E-state index contributed by atoms with van der Waals surface area (Å²) in [5, 5.41) is 6.30. The van der Waals surface area contributed by atoms with Gasteiger partial charge in [-0.3, -0.25) is 4.79 Å². The zero-order valence-electron chi connectivity index (χ0n) is 8.72. The zero-order chi connectivity index (χ0) is 9.80. The molecule has 3 heteroatoms. The molecule has 0 bridgehead atoms. The van der Waals surface area contributed by atoms with E-state index in [4.69, 9.17) is 0 Å². The van der Waals surface area contributed by atoms with Crippen LogP contribution in [0.4, 0.5) is 0 Å². The molecule has 0 unspecified atom stereocenters. The summed E-state index contributed by atoms with van der Waals surface area (Å²) in [7, 11) is 0. The van der Waals surface area contributed by atoms with Crippen LogP contribution in [0.15, 0.2) is 0 Å². The van der Waals surface area contributed by atoms with Gasteiger partial charge in [-0.25, -0.2) is 0 Å². The van der Waals surface area contributed by atoms with Crippen LogP contribution >= 0.6 is 0 Å². The molecule has 1 amide bonds. The smallest absolute Gasteiger partial charge is 0.223 e. The van der Waals surface area contributed by atoms with E-state index in [2.05, 4.69) is 10.6 Å². The highest BCUT2D eigenvalue weighted by Gasteiger charge is 2.22. The molecule has 1 saturated carbocycles. The van der Waals surface area contributed by atoms with Gasteiger partial charge in [0.25, 0.3) is 0 Å². The number of hydrogen-bond acceptors (Lipinski definition) is 2. The highest BCUT2D eigenvalue weighted by atomic mass is 16.1. The lowest BCUT2D eigenvalue weighted by molar-refractivity contribution is -0.124. The molecular weight excluding hydrogens is 176 g/mol. The Morgan fingerprint density at radius 3 is 2.57 bits per heavy atom. The molecule has 2 aliphatic rings. The van der Waals surface area contributed by atoms with Gasteiger partial charge in [0.1, 0.15) is 0 Å². The van der Waals surface area contributed by atoms with Crippen molar-refractivity contribution in [1.82, 2.24) is 10.6 Å². The summed E-state index contributed by atoms with van der Waals surface area (Å²) in [5.74, 6) is 1.43. The monoisotopic (exact) mass is 196 g/mol. The molecule has 1 heterocycles. The minimum Gasteiger partial charge on any atom is -0.356 e. The molecule has 1 saturated heterocycles. The fourth-order valence-electron chi connectivity index (χ4n) is 2.28. The van der Waals surface area contributed by atoms with E-state index >= 15 is 0 Å². The van der Waals surface area contributed by atoms with Crippen LogP contribution in [0, 0.1) is 11.8 Å². The third-order valence-electron chi connectivity index (χ3n) is 3.44. The first-order valence-corrected chi connectivity index (χ1v) is 5.84. The summed E-state index contributed by atoms with van der Waals surface area (Å²) in [4.78, 5) is 11.6. The summed E-state index contributed by atoms with van der Waals surface area (Å²) in [6.07, 6.45) is 5.84. The predicted octanol–water partition coefficient (Wildman–Crippen LogP) is 0.902. The maximum absolute atomic E-state index is 11.6. The van der Waals surface area contributed by atoms with Crippen LogP contribution in [-0.2, 0) is 4.79 Å². The largest absolute Gasteiger partial charge is 0.356 e. The predicted molar refractivity (Wildman–Crippen MR) is 55.9 cm³/mol. The van der Waals surface area contributed by atoms with Gasteiger partial charge in [0.15, 0.2) is 0 Å². The Kier molecular flexibility index (Phi) is 3.40. The molecule has 0 atom stereocenters. The molecule has 2 fully saturated rings. The number of carbonyl (C=O) groups excluding carboxylic acids is 1. The van der Waals surface area contributed by atoms with Gasteiger partial charge in [0.2, 0.25) is 5.91 Å². The van der Waals surface area contributed by atoms with E-state index in [9.17, 15) is 4.79 Å². The first kappa shape index (κ1) is 9.97. The second kappa shape index (κ2) is 4.78. The van der Waals surface area contributed by atoms with Crippen LogP contribution < -0.4 is 10.6 Å². The van der Waals surface area contributed by atoms with Crippen molar-refractivity contribution in [3.8, 4) is 0 Å². The van der Waals surface area contributed by atoms with Gasteiger partial charge >= 0.3 is 0 Å². The molecule has 14 heavy (non-hydrogen) atoms. The van der Waals surface area contributed by atoms with Crippen molar-refractivity contribution in [2.24, 2.45) is 11.8 Å². The molecule has 0 radical (unpaired) electrons. The van der Waals surface area contributed by atoms with Crippen molar-refractivity contribution in [3.05, 3.63) is 0 Å². The topological polar surface area (TPSA) is 41.1 Å². The minimum absolute atomic E-state index is 0.301. The molecule has 2 rings (SSSR count). The summed E-state index contributed by atoms with van der Waals surface area (Å²) in [6.45, 7) is 3.15. The highest BCUT2D eigenvalue weighted by Crippen LogP contribution is 2.24. The Morgan fingerprint density at radius 1 is 1.29 bits per heavy atom. The van der Waals surface area contributed by atoms with Crippen molar-refractivity contribution >= 4 is 5.91 Å². The van der Waals surface area contributed by atoms with Crippen LogP contribution in [0.2, 0.25) is 0 Å². The van der Waals surface area contributed by atoms with E-state index in [1.54, 1.807) is 0 Å². The minimum atomic E-state index is 0.301. The summed E-state index contributed by atoms with van der Waals surface area (Å²) in [6, 6.07) is 0. The van der Waals surface area contributed by atoms with Crippen molar-refractivity contribution in [3.63, 3.8) is 0 Å². The Bertz CT molecular complexity index is 195. The molecule has 80 valence electrons. The SMILES string of the molecule is O=C(NCCC1CNC1)C1CCCC1. The fourth-order valence-corrected chi connectivity index (χ4v) is 2.28. The molecule has 0 aromatic carbocycles. The van der Waals surface area contributed by atoms with Crippen molar-refractivity contribution in [2.45, 2.75) is 32.1 Å². The standard InChI is InChI=1S/C11H20N2O/c14-11(10-3-1-2-4-10)13-6-5-9-7-12-8-9/h9-10,12H,1-8H2,(H,13,14). The normalized spacial score (nSPS) is 23.4. The molecule has 1 aliphatic heterocycles. The average Bonchev–Trinajstić information content (AvgIpc) is 2.61. The first-order chi connectivity index (χ1) is 6.86. The average molecular weight is 196 g/mol. The van der Waals surface area contributed by atoms with Gasteiger partial charge in [0.05, 0.1) is 0 Å². The van der Waals surface area contributed by atoms with Crippen LogP contribution in [0.5, 0.6) is 0 Å². The number of hydrogen-bond donors (Lipinski definition) is 2. The van der Waals surface area contributed by atoms with Crippen LogP contribution in [0.25, 0.3) is 0 Å². The van der Waals surface area contributed by atoms with Gasteiger partial charge in [-0.05, 0) is 38.3 Å². The molecular formula is C11H20N2O. The second-order valence-corrected chi connectivity index (χ2v) is 4.59. The molecule has 3 nitrogen and oxygen atoms in total. The van der Waals surface area contributed by atoms with Gasteiger partial charge in [-0.15, -0.1) is 0 Å². The third-order valence-corrected chi connectivity index (χ3v) is 3.44. The first-order valence-electron chi connectivity index (χ1n) is 5.84. The van der Waals surface area contributed by atoms with Crippen molar-refractivity contribution in [2.75, 3.05) is 19.6 Å². The quantitative estimate of drug-likeness (QED) is 0.701. The lowest BCUT2D eigenvalue weighted by atomic mass is 9.99. The summed E-state index contributed by atoms with van der Waals surface area (Å²) >= 11 is 0. The van der Waals surface area contributed by atoms with Crippen LogP contribution in [0.3, 0.4) is 0 Å². The van der Waals surface area contributed by atoms with E-state index in [-0.39, 0.29) is 0 Å². The van der Waals surface area contributed by atoms with E-state index in [1.807, 2.05) is 0 Å². The van der Waals surface area contributed by atoms with Crippen LogP contribution in [0.1, 0.15) is 32.1 Å². The third kappa shape index (κ3) is 2.47. The molecule has 2 N–H and O–H groups in total. The van der Waals surface area contributed by atoms with E-state index < -0.39 is 0 Å². The zero-order valence-corrected chi connectivity index (χ0v) is 8.72. The summed E-state index contributed by atoms with van der Waals surface area (Å²) in [5.41, 5.74) is 0. The number of nitrogens with one attached hydrogen (secondary N) is 2. The summed E-state index contributed by atoms with van der Waals surface area (Å²) < 4.78 is 0. The Morgan fingerprint density at radius 2 is 2.00 bits per heavy atom. The lowest BCUT2D eigenvalue weighted by Gasteiger charge is -2.27. The molecule has 1 aliphatic carbocycles. The Labute approximate surface area is 85.6 Å². The second-order valence-electron chi connectivity index (χ2n) is 4.59. The number of carbonyl (C=O) groups is 1. The van der Waals surface area contributed by atoms with E-state index in [1.165, 1.54) is 12.8 Å².